The van der Waals surface area contributed by atoms with Gasteiger partial charge in [0, 0.05) is 31.1 Å². The van der Waals surface area contributed by atoms with E-state index < -0.39 is 0 Å². The topological polar surface area (TPSA) is 128 Å². The van der Waals surface area contributed by atoms with Gasteiger partial charge in [-0.3, -0.25) is 15.3 Å². The van der Waals surface area contributed by atoms with E-state index in [2.05, 4.69) is 20.5 Å². The maximum absolute atomic E-state index is 12.3. The Morgan fingerprint density at radius 3 is 2.78 bits per heavy atom. The second-order valence-electron chi connectivity index (χ2n) is 6.06. The van der Waals surface area contributed by atoms with Crippen LogP contribution in [0, 0.1) is 0 Å². The molecule has 136 valence electrons. The van der Waals surface area contributed by atoms with Crippen molar-refractivity contribution in [2.24, 2.45) is 12.9 Å². The summed E-state index contributed by atoms with van der Waals surface area (Å²) in [5.74, 6) is 5.56. The number of anilines is 2. The number of aryl methyl sites for hydroxylation is 1. The van der Waals surface area contributed by atoms with Gasteiger partial charge in [0.2, 0.25) is 0 Å². The predicted molar refractivity (Wildman–Crippen MR) is 107 cm³/mol. The minimum Gasteiger partial charge on any atom is -0.396 e. The number of nitrogen functional groups attached to an aromatic ring is 2. The van der Waals surface area contributed by atoms with Crippen LogP contribution in [0.3, 0.4) is 0 Å². The van der Waals surface area contributed by atoms with Crippen molar-refractivity contribution in [1.29, 1.82) is 0 Å². The summed E-state index contributed by atoms with van der Waals surface area (Å²) >= 11 is 6.27. The van der Waals surface area contributed by atoms with Gasteiger partial charge in [0.15, 0.2) is 5.43 Å². The maximum atomic E-state index is 12.3. The van der Waals surface area contributed by atoms with Gasteiger partial charge >= 0.3 is 0 Å². The van der Waals surface area contributed by atoms with Crippen LogP contribution in [0.2, 0.25) is 5.02 Å². The van der Waals surface area contributed by atoms with Crippen molar-refractivity contribution in [1.82, 2.24) is 19.7 Å². The van der Waals surface area contributed by atoms with Crippen molar-refractivity contribution in [2.75, 3.05) is 11.2 Å². The van der Waals surface area contributed by atoms with Gasteiger partial charge in [-0.1, -0.05) is 11.6 Å². The maximum Gasteiger partial charge on any atom is 0.191 e. The summed E-state index contributed by atoms with van der Waals surface area (Å²) in [5, 5.41) is 5.25. The number of nitrogens with one attached hydrogen (secondary N) is 2. The average Bonchev–Trinajstić information content (AvgIpc) is 3.09. The van der Waals surface area contributed by atoms with Crippen molar-refractivity contribution in [3.8, 4) is 22.5 Å². The minimum absolute atomic E-state index is 0.135. The Hall–Kier alpha value is -3.36. The van der Waals surface area contributed by atoms with Crippen LogP contribution in [-0.4, -0.2) is 19.7 Å². The fraction of sp³-hybridized carbons (Fsp3) is 0.0556. The Kier molecular flexibility index (Phi) is 4.06. The number of benzene rings is 1. The van der Waals surface area contributed by atoms with E-state index in [4.69, 9.17) is 23.2 Å². The molecular formula is C18H16ClN7O. The second-order valence-corrected chi connectivity index (χ2v) is 6.47. The number of hydrazine groups is 1. The Morgan fingerprint density at radius 2 is 2.07 bits per heavy atom. The van der Waals surface area contributed by atoms with Gasteiger partial charge < -0.3 is 16.1 Å². The highest BCUT2D eigenvalue weighted by Gasteiger charge is 2.17. The predicted octanol–water partition coefficient (Wildman–Crippen LogP) is 2.51. The van der Waals surface area contributed by atoms with Crippen molar-refractivity contribution < 1.29 is 0 Å². The highest BCUT2D eigenvalue weighted by Crippen LogP contribution is 2.37. The first-order valence-electron chi connectivity index (χ1n) is 8.06. The van der Waals surface area contributed by atoms with E-state index in [1.54, 1.807) is 29.1 Å². The third-order valence-electron chi connectivity index (χ3n) is 4.30. The van der Waals surface area contributed by atoms with Gasteiger partial charge in [-0.05, 0) is 29.8 Å². The first-order valence-corrected chi connectivity index (χ1v) is 8.44. The highest BCUT2D eigenvalue weighted by atomic mass is 35.5. The molecule has 9 heteroatoms. The smallest absolute Gasteiger partial charge is 0.191 e. The second kappa shape index (κ2) is 6.42. The number of halogens is 1. The van der Waals surface area contributed by atoms with Crippen LogP contribution in [0.15, 0.2) is 47.5 Å². The molecule has 8 nitrogen and oxygen atoms in total. The fourth-order valence-electron chi connectivity index (χ4n) is 2.95. The first kappa shape index (κ1) is 17.1. The van der Waals surface area contributed by atoms with Crippen molar-refractivity contribution in [3.63, 3.8) is 0 Å². The van der Waals surface area contributed by atoms with Gasteiger partial charge in [0.05, 0.1) is 21.8 Å². The zero-order valence-electron chi connectivity index (χ0n) is 14.3. The number of hydrogen-bond acceptors (Lipinski definition) is 6. The standard InChI is InChI=1S/C18H16ClN7O/c1-26-5-3-13(25-26)17-10(8-11-15(27)2-4-22-18(11)23-17)9-6-12(19)16(20)14(7-9)24-21/h2-8,24H,20-21H2,1H3,(H,22,23,27). The zero-order valence-corrected chi connectivity index (χ0v) is 15.1. The summed E-state index contributed by atoms with van der Waals surface area (Å²) in [6.45, 7) is 0. The lowest BCUT2D eigenvalue weighted by molar-refractivity contribution is 0.770. The molecule has 27 heavy (non-hydrogen) atoms. The number of pyridine rings is 2. The third-order valence-corrected chi connectivity index (χ3v) is 4.61. The van der Waals surface area contributed by atoms with Crippen LogP contribution in [0.4, 0.5) is 11.4 Å². The summed E-state index contributed by atoms with van der Waals surface area (Å²) in [5.41, 5.74) is 12.3. The molecule has 0 aliphatic carbocycles. The molecule has 0 unspecified atom stereocenters. The molecule has 0 radical (unpaired) electrons. The SMILES string of the molecule is Cn1ccc(-c2nc3[nH]ccc(=O)c3cc2-c2cc(Cl)c(N)c(NN)c2)n1. The van der Waals surface area contributed by atoms with E-state index in [9.17, 15) is 4.79 Å². The van der Waals surface area contributed by atoms with Crippen LogP contribution in [0.25, 0.3) is 33.5 Å². The zero-order chi connectivity index (χ0) is 19.1. The van der Waals surface area contributed by atoms with E-state index in [0.717, 1.165) is 0 Å². The van der Waals surface area contributed by atoms with E-state index >= 15 is 0 Å². The van der Waals surface area contributed by atoms with Crippen LogP contribution >= 0.6 is 11.6 Å². The number of nitrogens with zero attached hydrogens (tertiary/aromatic N) is 3. The molecule has 0 saturated carbocycles. The highest BCUT2D eigenvalue weighted by molar-refractivity contribution is 6.34. The van der Waals surface area contributed by atoms with E-state index in [1.165, 1.54) is 6.07 Å². The van der Waals surface area contributed by atoms with Gasteiger partial charge in [0.25, 0.3) is 0 Å². The molecule has 4 aromatic rings. The summed E-state index contributed by atoms with van der Waals surface area (Å²) in [7, 11) is 1.82. The molecule has 1 aromatic carbocycles. The van der Waals surface area contributed by atoms with Gasteiger partial charge in [-0.2, -0.15) is 5.10 Å². The fourth-order valence-corrected chi connectivity index (χ4v) is 3.17. The van der Waals surface area contributed by atoms with E-state index in [-0.39, 0.29) is 5.43 Å². The van der Waals surface area contributed by atoms with Crippen molar-refractivity contribution in [2.45, 2.75) is 0 Å². The minimum atomic E-state index is -0.135. The van der Waals surface area contributed by atoms with Crippen molar-refractivity contribution >= 4 is 34.0 Å². The van der Waals surface area contributed by atoms with E-state index in [0.29, 0.717) is 49.9 Å². The molecule has 0 atom stereocenters. The first-order chi connectivity index (χ1) is 13.0. The molecular weight excluding hydrogens is 366 g/mol. The number of fused-ring (bicyclic) bond motifs is 1. The average molecular weight is 382 g/mol. The Balaban J connectivity index is 2.08. The Bertz CT molecular complexity index is 1230. The van der Waals surface area contributed by atoms with Crippen molar-refractivity contribution in [3.05, 3.63) is 58.0 Å². The number of hydrogen-bond donors (Lipinski definition) is 4. The molecule has 0 spiro atoms. The lowest BCUT2D eigenvalue weighted by atomic mass is 9.99. The molecule has 4 rings (SSSR count). The number of aromatic amines is 1. The third kappa shape index (κ3) is 2.90. The quantitative estimate of drug-likeness (QED) is 0.245. The molecule has 6 N–H and O–H groups in total. The summed E-state index contributed by atoms with van der Waals surface area (Å²) in [6, 6.07) is 8.54. The normalized spacial score (nSPS) is 11.1. The lowest BCUT2D eigenvalue weighted by Crippen LogP contribution is -2.09. The van der Waals surface area contributed by atoms with Gasteiger partial charge in [-0.25, -0.2) is 4.98 Å². The van der Waals surface area contributed by atoms with Gasteiger partial charge in [-0.15, -0.1) is 0 Å². The summed E-state index contributed by atoms with van der Waals surface area (Å²) in [4.78, 5) is 20.0. The van der Waals surface area contributed by atoms with E-state index in [1.807, 2.05) is 19.3 Å². The lowest BCUT2D eigenvalue weighted by Gasteiger charge is -2.13. The number of aromatic nitrogens is 4. The molecule has 0 aliphatic rings. The molecule has 0 aliphatic heterocycles. The Labute approximate surface area is 158 Å². The largest absolute Gasteiger partial charge is 0.396 e. The monoisotopic (exact) mass is 381 g/mol. The van der Waals surface area contributed by atoms with Crippen LogP contribution < -0.4 is 22.4 Å². The molecule has 0 amide bonds. The summed E-state index contributed by atoms with van der Waals surface area (Å²) < 4.78 is 1.68. The summed E-state index contributed by atoms with van der Waals surface area (Å²) in [6.07, 6.45) is 3.39. The number of rotatable bonds is 3. The molecule has 3 aromatic heterocycles. The molecule has 3 heterocycles. The molecule has 0 bridgehead atoms. The van der Waals surface area contributed by atoms with Gasteiger partial charge in [0.1, 0.15) is 17.0 Å². The number of nitrogens with two attached hydrogens (primary N) is 2. The van der Waals surface area contributed by atoms with Crippen LogP contribution in [0.1, 0.15) is 0 Å². The Morgan fingerprint density at radius 1 is 1.26 bits per heavy atom. The van der Waals surface area contributed by atoms with Crippen LogP contribution in [0.5, 0.6) is 0 Å². The molecule has 0 fully saturated rings. The van der Waals surface area contributed by atoms with Crippen LogP contribution in [-0.2, 0) is 7.05 Å². The molecule has 0 saturated heterocycles. The number of H-pyrrole nitrogens is 1.